The van der Waals surface area contributed by atoms with E-state index in [9.17, 15) is 0 Å². The number of hydrogen-bond acceptors (Lipinski definition) is 2. The standard InChI is InChI=1S/C12H25NO/c1-10-5-6-12(9-11(10)2)13-7-4-8-14-3/h10-13H,4-9H2,1-3H3/t10-,11+,12-/m1/s1. The number of rotatable bonds is 5. The summed E-state index contributed by atoms with van der Waals surface area (Å²) in [6, 6.07) is 0.762. The average molecular weight is 199 g/mol. The van der Waals surface area contributed by atoms with Crippen LogP contribution in [0.15, 0.2) is 0 Å². The second kappa shape index (κ2) is 6.41. The topological polar surface area (TPSA) is 21.3 Å². The predicted octanol–water partition coefficient (Wildman–Crippen LogP) is 2.44. The van der Waals surface area contributed by atoms with Crippen molar-refractivity contribution in [2.24, 2.45) is 11.8 Å². The second-order valence-electron chi connectivity index (χ2n) is 4.77. The molecule has 0 heterocycles. The van der Waals surface area contributed by atoms with Crippen LogP contribution >= 0.6 is 0 Å². The zero-order valence-corrected chi connectivity index (χ0v) is 9.88. The third-order valence-electron chi connectivity index (χ3n) is 3.56. The van der Waals surface area contributed by atoms with Crippen LogP contribution < -0.4 is 5.32 Å². The molecule has 84 valence electrons. The van der Waals surface area contributed by atoms with E-state index >= 15 is 0 Å². The Hall–Kier alpha value is -0.0800. The molecule has 0 aromatic heterocycles. The summed E-state index contributed by atoms with van der Waals surface area (Å²) in [5.74, 6) is 1.82. The van der Waals surface area contributed by atoms with Crippen LogP contribution in [0.2, 0.25) is 0 Å². The van der Waals surface area contributed by atoms with Gasteiger partial charge in [0.1, 0.15) is 0 Å². The molecule has 1 rings (SSSR count). The van der Waals surface area contributed by atoms with E-state index in [1.807, 2.05) is 0 Å². The number of hydrogen-bond donors (Lipinski definition) is 1. The molecule has 0 bridgehead atoms. The van der Waals surface area contributed by atoms with Crippen molar-refractivity contribution in [1.82, 2.24) is 5.32 Å². The lowest BCUT2D eigenvalue weighted by atomic mass is 9.79. The summed E-state index contributed by atoms with van der Waals surface area (Å²) in [7, 11) is 1.77. The Kier molecular flexibility index (Phi) is 5.49. The molecule has 0 aromatic carbocycles. The molecule has 3 atom stereocenters. The van der Waals surface area contributed by atoms with Crippen LogP contribution in [0.1, 0.15) is 39.5 Å². The Morgan fingerprint density at radius 2 is 2.00 bits per heavy atom. The van der Waals surface area contributed by atoms with Crippen LogP contribution in [0.5, 0.6) is 0 Å². The molecule has 0 unspecified atom stereocenters. The Bertz CT molecular complexity index is 149. The molecule has 2 heteroatoms. The largest absolute Gasteiger partial charge is 0.385 e. The van der Waals surface area contributed by atoms with Gasteiger partial charge in [-0.1, -0.05) is 13.8 Å². The maximum absolute atomic E-state index is 5.03. The molecule has 0 aromatic rings. The fraction of sp³-hybridized carbons (Fsp3) is 1.00. The highest BCUT2D eigenvalue weighted by Gasteiger charge is 2.23. The van der Waals surface area contributed by atoms with Gasteiger partial charge in [0.2, 0.25) is 0 Å². The molecule has 0 radical (unpaired) electrons. The molecule has 1 saturated carbocycles. The lowest BCUT2D eigenvalue weighted by Crippen LogP contribution is -2.36. The summed E-state index contributed by atoms with van der Waals surface area (Å²) < 4.78 is 5.03. The zero-order chi connectivity index (χ0) is 10.4. The van der Waals surface area contributed by atoms with Crippen LogP contribution in [-0.4, -0.2) is 26.3 Å². The number of ether oxygens (including phenoxy) is 1. The van der Waals surface area contributed by atoms with Crippen LogP contribution in [0.3, 0.4) is 0 Å². The van der Waals surface area contributed by atoms with Crippen LogP contribution in [0.25, 0.3) is 0 Å². The summed E-state index contributed by atoms with van der Waals surface area (Å²) >= 11 is 0. The molecule has 1 aliphatic carbocycles. The van der Waals surface area contributed by atoms with Crippen LogP contribution in [-0.2, 0) is 4.74 Å². The molecule has 1 fully saturated rings. The van der Waals surface area contributed by atoms with Gasteiger partial charge in [-0.25, -0.2) is 0 Å². The van der Waals surface area contributed by atoms with Crippen molar-refractivity contribution in [2.45, 2.75) is 45.6 Å². The molecule has 1 N–H and O–H groups in total. The summed E-state index contributed by atoms with van der Waals surface area (Å²) in [6.45, 7) is 6.75. The predicted molar refractivity (Wildman–Crippen MR) is 60.5 cm³/mol. The Labute approximate surface area is 88.4 Å². The van der Waals surface area contributed by atoms with E-state index in [1.165, 1.54) is 19.3 Å². The van der Waals surface area contributed by atoms with Crippen LogP contribution in [0.4, 0.5) is 0 Å². The maximum atomic E-state index is 5.03. The molecule has 0 spiro atoms. The third kappa shape index (κ3) is 3.97. The van der Waals surface area contributed by atoms with E-state index in [2.05, 4.69) is 19.2 Å². The smallest absolute Gasteiger partial charge is 0.0474 e. The van der Waals surface area contributed by atoms with E-state index in [1.54, 1.807) is 7.11 Å². The van der Waals surface area contributed by atoms with Gasteiger partial charge in [0.15, 0.2) is 0 Å². The SMILES string of the molecule is COCCCN[C@@H]1CC[C@@H](C)[C@@H](C)C1. The summed E-state index contributed by atoms with van der Waals surface area (Å²) in [5, 5.41) is 3.63. The Morgan fingerprint density at radius 3 is 2.64 bits per heavy atom. The highest BCUT2D eigenvalue weighted by atomic mass is 16.5. The van der Waals surface area contributed by atoms with Gasteiger partial charge in [0.05, 0.1) is 0 Å². The normalized spacial score (nSPS) is 33.2. The average Bonchev–Trinajstić information content (AvgIpc) is 2.18. The third-order valence-corrected chi connectivity index (χ3v) is 3.56. The highest BCUT2D eigenvalue weighted by Crippen LogP contribution is 2.29. The minimum absolute atomic E-state index is 0.762. The fourth-order valence-corrected chi connectivity index (χ4v) is 2.26. The Morgan fingerprint density at radius 1 is 1.21 bits per heavy atom. The molecule has 0 aliphatic heterocycles. The van der Waals surface area contributed by atoms with E-state index in [4.69, 9.17) is 4.74 Å². The quantitative estimate of drug-likeness (QED) is 0.687. The fourth-order valence-electron chi connectivity index (χ4n) is 2.26. The molecule has 2 nitrogen and oxygen atoms in total. The minimum Gasteiger partial charge on any atom is -0.385 e. The van der Waals surface area contributed by atoms with Gasteiger partial charge in [-0.3, -0.25) is 0 Å². The van der Waals surface area contributed by atoms with E-state index in [-0.39, 0.29) is 0 Å². The molecular weight excluding hydrogens is 174 g/mol. The number of methoxy groups -OCH3 is 1. The minimum atomic E-state index is 0.762. The van der Waals surface area contributed by atoms with E-state index in [0.29, 0.717) is 0 Å². The van der Waals surface area contributed by atoms with Crippen molar-refractivity contribution in [1.29, 1.82) is 0 Å². The van der Waals surface area contributed by atoms with E-state index < -0.39 is 0 Å². The van der Waals surface area contributed by atoms with Gasteiger partial charge < -0.3 is 10.1 Å². The van der Waals surface area contributed by atoms with Gasteiger partial charge >= 0.3 is 0 Å². The molecule has 1 aliphatic rings. The van der Waals surface area contributed by atoms with Gasteiger partial charge in [-0.15, -0.1) is 0 Å². The van der Waals surface area contributed by atoms with Gasteiger partial charge in [0.25, 0.3) is 0 Å². The molecular formula is C12H25NO. The first-order chi connectivity index (χ1) is 6.74. The summed E-state index contributed by atoms with van der Waals surface area (Å²) in [6.07, 6.45) is 5.24. The van der Waals surface area contributed by atoms with Crippen molar-refractivity contribution in [3.8, 4) is 0 Å². The first-order valence-corrected chi connectivity index (χ1v) is 5.96. The van der Waals surface area contributed by atoms with Crippen molar-refractivity contribution in [3.05, 3.63) is 0 Å². The molecule has 14 heavy (non-hydrogen) atoms. The Balaban J connectivity index is 2.07. The van der Waals surface area contributed by atoms with Crippen molar-refractivity contribution >= 4 is 0 Å². The van der Waals surface area contributed by atoms with Crippen molar-refractivity contribution < 1.29 is 4.74 Å². The second-order valence-corrected chi connectivity index (χ2v) is 4.77. The van der Waals surface area contributed by atoms with E-state index in [0.717, 1.165) is 37.5 Å². The first-order valence-electron chi connectivity index (χ1n) is 5.96. The monoisotopic (exact) mass is 199 g/mol. The summed E-state index contributed by atoms with van der Waals surface area (Å²) in [4.78, 5) is 0. The number of nitrogens with one attached hydrogen (secondary N) is 1. The van der Waals surface area contributed by atoms with Crippen molar-refractivity contribution in [2.75, 3.05) is 20.3 Å². The zero-order valence-electron chi connectivity index (χ0n) is 9.88. The maximum Gasteiger partial charge on any atom is 0.0474 e. The molecule has 0 saturated heterocycles. The van der Waals surface area contributed by atoms with Crippen molar-refractivity contribution in [3.63, 3.8) is 0 Å². The van der Waals surface area contributed by atoms with Gasteiger partial charge in [0, 0.05) is 19.8 Å². The molecule has 0 amide bonds. The summed E-state index contributed by atoms with van der Waals surface area (Å²) in [5.41, 5.74) is 0. The lowest BCUT2D eigenvalue weighted by Gasteiger charge is -2.32. The van der Waals surface area contributed by atoms with Crippen LogP contribution in [0, 0.1) is 11.8 Å². The van der Waals surface area contributed by atoms with Gasteiger partial charge in [-0.2, -0.15) is 0 Å². The first kappa shape index (κ1) is 12.0. The van der Waals surface area contributed by atoms with Gasteiger partial charge in [-0.05, 0) is 44.1 Å². The lowest BCUT2D eigenvalue weighted by molar-refractivity contribution is 0.186. The highest BCUT2D eigenvalue weighted by molar-refractivity contribution is 4.79.